The molecule has 8 fully saturated rings. The molecule has 2 aliphatic carbocycles. The first-order valence-electron chi connectivity index (χ1n) is 40.2. The number of aromatic nitrogens is 2. The first-order chi connectivity index (χ1) is 51.8. The number of amides is 7. The standard InChI is InChI=1S/C22H32F2N2O3.C21H34F2N2O3S.C21H30N2O3S.C18H27N3O3S/c1-14(2)22(15(3)4)12-9-17-5-6-18(19(27)26(17)22)25-20(28)29-13-16-7-10-21(23,24)11-8-16;1-13(2)21(14(3)4)12-29-17-6-5-16(18(26)25(17)21)24-19(27)28-11-15-7-9-20(22,23)10-8-15;1-14(2)21(15(3)4)13-27-18-11-10-17(19(24)23(18)21)22-20(25)26-12-16-8-6-5-7-9-16;1-10(2)18(11(3)4)9-25-15-7-6-13(17(23)21(15)18)19-16(22)14-8-12(5)24-20-14/h5-6,14-16H,7-13H2,1-4H3,(H,25,28);13-17H,5-12H2,1-4H3,(H,24,27);5-9,14-15,17-18H,10-13H2,1-4H3,(H,22,25);8,10-11,13,15H,6-7,9H2,1-5H3,(H,19,22). The van der Waals surface area contributed by atoms with Crippen molar-refractivity contribution in [3.8, 4) is 0 Å². The second-order valence-electron chi connectivity index (χ2n) is 34.5. The van der Waals surface area contributed by atoms with Gasteiger partial charge in [0.05, 0.1) is 51.5 Å². The summed E-state index contributed by atoms with van der Waals surface area (Å²) in [4.78, 5) is 108. The van der Waals surface area contributed by atoms with Crippen LogP contribution in [0.25, 0.3) is 0 Å². The van der Waals surface area contributed by atoms with Gasteiger partial charge in [0.2, 0.25) is 29.6 Å². The number of carbonyl (C=O) groups is 7. The monoisotopic (exact) mass is 1600 g/mol. The predicted molar refractivity (Wildman–Crippen MR) is 424 cm³/mol. The van der Waals surface area contributed by atoms with E-state index in [2.05, 4.69) is 147 Å². The third-order valence-corrected chi connectivity index (χ3v) is 30.0. The van der Waals surface area contributed by atoms with E-state index in [-0.39, 0.29) is 148 Å². The average molecular weight is 1600 g/mol. The van der Waals surface area contributed by atoms with Crippen molar-refractivity contribution in [3.05, 3.63) is 81.6 Å². The number of alkyl carbamates (subject to hydrolysis) is 2. The molecule has 6 saturated heterocycles. The summed E-state index contributed by atoms with van der Waals surface area (Å²) >= 11 is 5.61. The molecule has 110 heavy (non-hydrogen) atoms. The molecule has 0 bridgehead atoms. The van der Waals surface area contributed by atoms with Crippen LogP contribution in [0.3, 0.4) is 0 Å². The molecule has 2 saturated carbocycles. The number of pyridine rings is 1. The summed E-state index contributed by atoms with van der Waals surface area (Å²) < 4.78 is 75.6. The van der Waals surface area contributed by atoms with Gasteiger partial charge in [-0.1, -0.05) is 146 Å². The van der Waals surface area contributed by atoms with Crippen LogP contribution in [0.15, 0.2) is 57.8 Å². The van der Waals surface area contributed by atoms with E-state index >= 15 is 0 Å². The van der Waals surface area contributed by atoms with Gasteiger partial charge < -0.3 is 54.0 Å². The van der Waals surface area contributed by atoms with Crippen molar-refractivity contribution in [1.82, 2.24) is 40.4 Å². The summed E-state index contributed by atoms with van der Waals surface area (Å²) in [5.74, 6) is 0.480. The third kappa shape index (κ3) is 18.9. The number of rotatable bonds is 19. The first kappa shape index (κ1) is 87.8. The minimum Gasteiger partial charge on any atom is -0.449 e. The number of fused-ring (bicyclic) bond motifs is 4. The zero-order chi connectivity index (χ0) is 80.8. The molecule has 1 aromatic carbocycles. The number of thioether (sulfide) groups is 3. The molecule has 21 nitrogen and oxygen atoms in total. The Labute approximate surface area is 661 Å². The molecule has 12 rings (SSSR count). The predicted octanol–water partition coefficient (Wildman–Crippen LogP) is 16.7. The second-order valence-corrected chi connectivity index (χ2v) is 38.0. The largest absolute Gasteiger partial charge is 0.449 e. The van der Waals surface area contributed by atoms with Crippen molar-refractivity contribution in [2.45, 2.75) is 295 Å². The Bertz CT molecular complexity index is 3690. The van der Waals surface area contributed by atoms with Gasteiger partial charge in [0.15, 0.2) is 5.69 Å². The van der Waals surface area contributed by atoms with Crippen molar-refractivity contribution >= 4 is 82.9 Å². The minimum atomic E-state index is -2.60. The van der Waals surface area contributed by atoms with Gasteiger partial charge in [-0.3, -0.25) is 29.3 Å². The Morgan fingerprint density at radius 1 is 0.491 bits per heavy atom. The number of hydrogen-bond acceptors (Lipinski definition) is 16. The van der Waals surface area contributed by atoms with E-state index in [1.165, 1.54) is 0 Å². The van der Waals surface area contributed by atoms with E-state index in [0.717, 1.165) is 60.6 Å². The van der Waals surface area contributed by atoms with Crippen LogP contribution in [0.2, 0.25) is 0 Å². The second kappa shape index (κ2) is 36.5. The molecule has 0 spiro atoms. The van der Waals surface area contributed by atoms with Gasteiger partial charge in [-0.2, -0.15) is 0 Å². The highest BCUT2D eigenvalue weighted by Crippen LogP contribution is 2.53. The van der Waals surface area contributed by atoms with Crippen molar-refractivity contribution < 1.29 is 69.9 Å². The molecular formula is C82H123F4N9O12S3. The highest BCUT2D eigenvalue weighted by molar-refractivity contribution is 8.00. The van der Waals surface area contributed by atoms with E-state index in [1.54, 1.807) is 19.1 Å². The number of benzene rings is 1. The Morgan fingerprint density at radius 3 is 1.25 bits per heavy atom. The zero-order valence-electron chi connectivity index (χ0n) is 67.8. The molecule has 6 atom stereocenters. The van der Waals surface area contributed by atoms with Gasteiger partial charge >= 0.3 is 18.3 Å². The molecule has 6 unspecified atom stereocenters. The lowest BCUT2D eigenvalue weighted by Gasteiger charge is -2.49. The third-order valence-electron chi connectivity index (χ3n) is 25.6. The SMILES string of the molecule is CC(C)C1(C(C)C)CCc2ccc(NC(=O)OCC3CCC(F)(F)CC3)c(=O)n21.CC(C)C1(C(C)C)CSC2CCC(NC(=O)OCC3CCC(F)(F)CC3)C(=O)N21.CC(C)C1(C(C)C)CSC2CCC(NC(=O)OCc3ccccc3)C(=O)N21.Cc1cc(C(=O)NC2CCC3SCC(C(C)C)(C(C)C)N3C2=O)no1. The van der Waals surface area contributed by atoms with Crippen LogP contribution in [0, 0.1) is 66.1 Å². The molecule has 28 heteroatoms. The van der Waals surface area contributed by atoms with Crippen molar-refractivity contribution in [3.63, 3.8) is 0 Å². The molecule has 9 aliphatic rings. The molecule has 9 heterocycles. The fourth-order valence-electron chi connectivity index (χ4n) is 18.9. The van der Waals surface area contributed by atoms with Crippen LogP contribution in [0.4, 0.5) is 37.6 Å². The number of hydrogen-bond donors (Lipinski definition) is 4. The maximum Gasteiger partial charge on any atom is 0.411 e. The molecule has 3 aromatic rings. The lowest BCUT2D eigenvalue weighted by atomic mass is 9.75. The van der Waals surface area contributed by atoms with Gasteiger partial charge in [-0.05, 0) is 161 Å². The molecule has 2 aromatic heterocycles. The van der Waals surface area contributed by atoms with Gasteiger partial charge in [0, 0.05) is 54.7 Å². The van der Waals surface area contributed by atoms with Gasteiger partial charge in [0.25, 0.3) is 11.5 Å². The van der Waals surface area contributed by atoms with Gasteiger partial charge in [0.1, 0.15) is 36.2 Å². The number of nitrogens with zero attached hydrogens (tertiary/aromatic N) is 5. The number of anilines is 1. The topological polar surface area (TPSA) is 253 Å². The van der Waals surface area contributed by atoms with Crippen molar-refractivity contribution in [2.75, 3.05) is 35.8 Å². The van der Waals surface area contributed by atoms with E-state index in [9.17, 15) is 55.9 Å². The quantitative estimate of drug-likeness (QED) is 0.0643. The molecule has 614 valence electrons. The number of ether oxygens (including phenoxy) is 3. The number of aryl methyl sites for hydroxylation is 2. The fraction of sp³-hybridized carbons (Fsp3) is 0.744. The maximum atomic E-state index is 13.3. The fourth-order valence-corrected chi connectivity index (χ4v) is 24.9. The maximum absolute atomic E-state index is 13.3. The Hall–Kier alpha value is -6.16. The van der Waals surface area contributed by atoms with Crippen molar-refractivity contribution in [1.29, 1.82) is 0 Å². The lowest BCUT2D eigenvalue weighted by Crippen LogP contribution is -2.64. The first-order valence-corrected chi connectivity index (χ1v) is 43.3. The van der Waals surface area contributed by atoms with Crippen LogP contribution >= 0.6 is 35.3 Å². The van der Waals surface area contributed by atoms with E-state index in [1.807, 2.05) is 81.2 Å². The van der Waals surface area contributed by atoms with Gasteiger partial charge in [-0.15, -0.1) is 35.3 Å². The summed E-state index contributed by atoms with van der Waals surface area (Å²) in [6.07, 6.45) is 5.25. The van der Waals surface area contributed by atoms with Crippen LogP contribution in [-0.4, -0.2) is 160 Å². The molecule has 7 aliphatic heterocycles. The van der Waals surface area contributed by atoms with Crippen LogP contribution < -0.4 is 26.8 Å². The van der Waals surface area contributed by atoms with Crippen LogP contribution in [0.1, 0.15) is 235 Å². The van der Waals surface area contributed by atoms with Crippen LogP contribution in [0.5, 0.6) is 0 Å². The number of alkyl halides is 4. The summed E-state index contributed by atoms with van der Waals surface area (Å²) in [5, 5.41) is 15.3. The summed E-state index contributed by atoms with van der Waals surface area (Å²) in [5.41, 5.74) is 1.34. The van der Waals surface area contributed by atoms with E-state index < -0.39 is 48.3 Å². The molecular weight excluding hydrogens is 1480 g/mol. The Morgan fingerprint density at radius 2 is 0.873 bits per heavy atom. The molecule has 7 amide bonds. The molecule has 4 N–H and O–H groups in total. The number of carbonyl (C=O) groups excluding carboxylic acids is 7. The van der Waals surface area contributed by atoms with E-state index in [4.69, 9.17) is 18.7 Å². The minimum absolute atomic E-state index is 0.0251. The smallest absolute Gasteiger partial charge is 0.411 e. The zero-order valence-corrected chi connectivity index (χ0v) is 70.2. The average Bonchev–Trinajstić information content (AvgIpc) is 1.59. The van der Waals surface area contributed by atoms with Gasteiger partial charge in [-0.25, -0.2) is 31.9 Å². The highest BCUT2D eigenvalue weighted by atomic mass is 32.2. The normalized spacial score (nSPS) is 24.9. The Balaban J connectivity index is 0.000000169. The number of halogens is 4. The number of piperidine rings is 3. The summed E-state index contributed by atoms with van der Waals surface area (Å²) in [6.45, 7) is 36.9. The lowest BCUT2D eigenvalue weighted by molar-refractivity contribution is -0.147. The van der Waals surface area contributed by atoms with Crippen LogP contribution in [-0.2, 0) is 47.2 Å². The summed E-state index contributed by atoms with van der Waals surface area (Å²) in [7, 11) is 0. The molecule has 0 radical (unpaired) electrons. The van der Waals surface area contributed by atoms with Crippen molar-refractivity contribution in [2.24, 2.45) is 59.2 Å². The van der Waals surface area contributed by atoms with E-state index in [0.29, 0.717) is 86.2 Å². The number of nitrogens with one attached hydrogen (secondary N) is 4. The summed E-state index contributed by atoms with van der Waals surface area (Å²) in [6, 6.07) is 13.1. The Kier molecular flexibility index (Phi) is 29.2. The highest BCUT2D eigenvalue weighted by Gasteiger charge is 2.59.